The van der Waals surface area contributed by atoms with Crippen molar-refractivity contribution in [2.45, 2.75) is 38.0 Å². The summed E-state index contributed by atoms with van der Waals surface area (Å²) in [5.74, 6) is 0. The van der Waals surface area contributed by atoms with Crippen LogP contribution in [0.15, 0.2) is 0 Å². The van der Waals surface area contributed by atoms with Gasteiger partial charge in [0.05, 0.1) is 32.0 Å². The molecule has 7 nitrogen and oxygen atoms in total. The normalized spacial score (nSPS) is 34.0. The average molecular weight is 375 g/mol. The van der Waals surface area contributed by atoms with Crippen molar-refractivity contribution in [1.29, 1.82) is 0 Å². The molecule has 0 aliphatic carbocycles. The first-order valence-corrected chi connectivity index (χ1v) is 11.6. The number of likely N-dealkylation sites (N-methyl/N-ethyl adjacent to an activating group) is 1. The summed E-state index contributed by atoms with van der Waals surface area (Å²) >= 11 is 0. The molecule has 3 aliphatic rings. The summed E-state index contributed by atoms with van der Waals surface area (Å²) in [5, 5.41) is 0. The number of rotatable bonds is 5. The third kappa shape index (κ3) is 5.48. The van der Waals surface area contributed by atoms with Gasteiger partial charge in [-0.2, -0.15) is 0 Å². The SMILES string of the molecule is CC1CN(C)CC(COP(C)(=O)N2CCC(N3CCOCC3)CC2)O1. The average Bonchev–Trinajstić information content (AvgIpc) is 2.60. The molecule has 146 valence electrons. The highest BCUT2D eigenvalue weighted by Crippen LogP contribution is 2.48. The number of ether oxygens (including phenoxy) is 2. The molecule has 0 saturated carbocycles. The van der Waals surface area contributed by atoms with Crippen LogP contribution in [-0.4, -0.2) is 106 Å². The molecule has 3 unspecified atom stereocenters. The number of hydrogen-bond donors (Lipinski definition) is 0. The lowest BCUT2D eigenvalue weighted by Gasteiger charge is -2.41. The Hall–Kier alpha value is -0.0100. The van der Waals surface area contributed by atoms with Crippen LogP contribution in [0.3, 0.4) is 0 Å². The van der Waals surface area contributed by atoms with Crippen molar-refractivity contribution in [3.05, 3.63) is 0 Å². The van der Waals surface area contributed by atoms with Gasteiger partial charge in [0.1, 0.15) is 0 Å². The highest BCUT2D eigenvalue weighted by atomic mass is 31.2. The third-order valence-electron chi connectivity index (χ3n) is 5.53. The highest BCUT2D eigenvalue weighted by Gasteiger charge is 2.34. The second-order valence-corrected chi connectivity index (χ2v) is 10.2. The Morgan fingerprint density at radius 3 is 2.44 bits per heavy atom. The van der Waals surface area contributed by atoms with Crippen LogP contribution in [0.1, 0.15) is 19.8 Å². The number of morpholine rings is 2. The third-order valence-corrected chi connectivity index (χ3v) is 7.58. The fraction of sp³-hybridized carbons (Fsp3) is 1.00. The Kier molecular flexibility index (Phi) is 6.94. The lowest BCUT2D eigenvalue weighted by atomic mass is 10.0. The molecule has 0 amide bonds. The van der Waals surface area contributed by atoms with Gasteiger partial charge in [0.2, 0.25) is 0 Å². The van der Waals surface area contributed by atoms with E-state index < -0.39 is 7.52 Å². The predicted octanol–water partition coefficient (Wildman–Crippen LogP) is 1.34. The molecular formula is C17H34N3O4P. The van der Waals surface area contributed by atoms with Crippen molar-refractivity contribution in [2.75, 3.05) is 72.8 Å². The summed E-state index contributed by atoms with van der Waals surface area (Å²) in [6, 6.07) is 0.594. The Morgan fingerprint density at radius 1 is 1.12 bits per heavy atom. The van der Waals surface area contributed by atoms with Crippen LogP contribution in [0, 0.1) is 0 Å². The largest absolute Gasteiger partial charge is 0.379 e. The number of nitrogens with zero attached hydrogens (tertiary/aromatic N) is 3. The molecule has 0 aromatic carbocycles. The van der Waals surface area contributed by atoms with E-state index in [0.717, 1.165) is 65.3 Å². The number of piperidine rings is 1. The maximum Gasteiger partial charge on any atom is 0.269 e. The van der Waals surface area contributed by atoms with Gasteiger partial charge in [-0.05, 0) is 26.8 Å². The molecule has 0 radical (unpaired) electrons. The zero-order chi connectivity index (χ0) is 17.9. The lowest BCUT2D eigenvalue weighted by Crippen LogP contribution is -2.48. The van der Waals surface area contributed by atoms with Crippen molar-refractivity contribution in [3.63, 3.8) is 0 Å². The Morgan fingerprint density at radius 2 is 1.80 bits per heavy atom. The predicted molar refractivity (Wildman–Crippen MR) is 98.3 cm³/mol. The molecule has 8 heteroatoms. The van der Waals surface area contributed by atoms with Crippen molar-refractivity contribution in [2.24, 2.45) is 0 Å². The molecule has 0 bridgehead atoms. The van der Waals surface area contributed by atoms with Crippen LogP contribution in [0.25, 0.3) is 0 Å². The van der Waals surface area contributed by atoms with Crippen molar-refractivity contribution in [1.82, 2.24) is 14.5 Å². The van der Waals surface area contributed by atoms with E-state index in [1.54, 1.807) is 6.66 Å². The minimum atomic E-state index is -2.75. The van der Waals surface area contributed by atoms with Crippen LogP contribution in [-0.2, 0) is 18.6 Å². The van der Waals surface area contributed by atoms with Gasteiger partial charge in [-0.3, -0.25) is 9.46 Å². The first kappa shape index (κ1) is 19.7. The van der Waals surface area contributed by atoms with E-state index in [1.165, 1.54) is 0 Å². The van der Waals surface area contributed by atoms with E-state index >= 15 is 0 Å². The molecule has 3 aliphatic heterocycles. The van der Waals surface area contributed by atoms with Gasteiger partial charge < -0.3 is 18.9 Å². The van der Waals surface area contributed by atoms with Gasteiger partial charge in [0.25, 0.3) is 7.52 Å². The molecular weight excluding hydrogens is 341 g/mol. The molecule has 0 aromatic heterocycles. The van der Waals surface area contributed by atoms with E-state index in [1.807, 2.05) is 0 Å². The second-order valence-electron chi connectivity index (χ2n) is 7.72. The zero-order valence-corrected chi connectivity index (χ0v) is 16.8. The molecule has 3 heterocycles. The Labute approximate surface area is 152 Å². The Bertz CT molecular complexity index is 457. The van der Waals surface area contributed by atoms with Gasteiger partial charge in [-0.15, -0.1) is 0 Å². The molecule has 3 fully saturated rings. The fourth-order valence-corrected chi connectivity index (χ4v) is 5.76. The molecule has 3 saturated heterocycles. The standard InChI is InChI=1S/C17H34N3O4P/c1-15-12-18(2)13-17(24-15)14-23-25(3,21)20-6-4-16(5-7-20)19-8-10-22-11-9-19/h15-17H,4-14H2,1-3H3. The van der Waals surface area contributed by atoms with Gasteiger partial charge in [0, 0.05) is 52.0 Å². The lowest BCUT2D eigenvalue weighted by molar-refractivity contribution is -0.0855. The molecule has 0 N–H and O–H groups in total. The molecule has 25 heavy (non-hydrogen) atoms. The molecule has 0 aromatic rings. The zero-order valence-electron chi connectivity index (χ0n) is 15.9. The summed E-state index contributed by atoms with van der Waals surface area (Å²) in [6.45, 7) is 11.4. The summed E-state index contributed by atoms with van der Waals surface area (Å²) < 4.78 is 32.3. The van der Waals surface area contributed by atoms with Gasteiger partial charge >= 0.3 is 0 Å². The van der Waals surface area contributed by atoms with E-state index in [9.17, 15) is 4.57 Å². The van der Waals surface area contributed by atoms with Crippen LogP contribution in [0.4, 0.5) is 0 Å². The van der Waals surface area contributed by atoms with Gasteiger partial charge in [-0.1, -0.05) is 0 Å². The number of hydrogen-bond acceptors (Lipinski definition) is 6. The van der Waals surface area contributed by atoms with Crippen LogP contribution in [0.2, 0.25) is 0 Å². The topological polar surface area (TPSA) is 54.5 Å². The fourth-order valence-electron chi connectivity index (χ4n) is 4.19. The second kappa shape index (κ2) is 8.79. The van der Waals surface area contributed by atoms with Gasteiger partial charge in [0.15, 0.2) is 0 Å². The van der Waals surface area contributed by atoms with Crippen molar-refractivity contribution in [3.8, 4) is 0 Å². The first-order valence-electron chi connectivity index (χ1n) is 9.57. The molecule has 0 spiro atoms. The van der Waals surface area contributed by atoms with Crippen LogP contribution >= 0.6 is 7.52 Å². The van der Waals surface area contributed by atoms with E-state index in [-0.39, 0.29) is 12.2 Å². The van der Waals surface area contributed by atoms with Crippen molar-refractivity contribution < 1.29 is 18.6 Å². The van der Waals surface area contributed by atoms with E-state index in [2.05, 4.69) is 28.4 Å². The van der Waals surface area contributed by atoms with Crippen molar-refractivity contribution >= 4 is 7.52 Å². The summed E-state index contributed by atoms with van der Waals surface area (Å²) in [5.41, 5.74) is 0. The quantitative estimate of drug-likeness (QED) is 0.672. The first-order chi connectivity index (χ1) is 11.9. The Balaban J connectivity index is 1.44. The highest BCUT2D eigenvalue weighted by molar-refractivity contribution is 7.55. The molecule has 3 rings (SSSR count). The maximum atomic E-state index is 13.1. The van der Waals surface area contributed by atoms with E-state index in [0.29, 0.717) is 12.6 Å². The van der Waals surface area contributed by atoms with Crippen LogP contribution in [0.5, 0.6) is 0 Å². The minimum absolute atomic E-state index is 0.00733. The summed E-state index contributed by atoms with van der Waals surface area (Å²) in [7, 11) is -0.658. The minimum Gasteiger partial charge on any atom is -0.379 e. The van der Waals surface area contributed by atoms with Crippen LogP contribution < -0.4 is 0 Å². The molecule has 3 atom stereocenters. The monoisotopic (exact) mass is 375 g/mol. The maximum absolute atomic E-state index is 13.1. The van der Waals surface area contributed by atoms with E-state index in [4.69, 9.17) is 14.0 Å². The summed E-state index contributed by atoms with van der Waals surface area (Å²) in [6.07, 6.45) is 2.32. The summed E-state index contributed by atoms with van der Waals surface area (Å²) in [4.78, 5) is 4.77. The smallest absolute Gasteiger partial charge is 0.269 e. The van der Waals surface area contributed by atoms with Gasteiger partial charge in [-0.25, -0.2) is 4.67 Å².